The molecule has 0 radical (unpaired) electrons. The Labute approximate surface area is 100 Å². The fraction of sp³-hybridized carbons (Fsp3) is 0.600. The average molecular weight is 219 g/mol. The van der Waals surface area contributed by atoms with Gasteiger partial charge in [-0.05, 0) is 31.4 Å². The van der Waals surface area contributed by atoms with Crippen molar-refractivity contribution in [2.24, 2.45) is 5.92 Å². The van der Waals surface area contributed by atoms with Crippen molar-refractivity contribution in [3.63, 3.8) is 0 Å². The second-order valence-electron chi connectivity index (χ2n) is 5.05. The van der Waals surface area contributed by atoms with Crippen molar-refractivity contribution in [2.45, 2.75) is 46.6 Å². The molecule has 1 rings (SSSR count). The van der Waals surface area contributed by atoms with E-state index in [-0.39, 0.29) is 0 Å². The first-order chi connectivity index (χ1) is 7.68. The summed E-state index contributed by atoms with van der Waals surface area (Å²) in [5, 5.41) is 3.49. The lowest BCUT2D eigenvalue weighted by molar-refractivity contribution is 0.520. The van der Waals surface area contributed by atoms with Crippen LogP contribution < -0.4 is 5.32 Å². The van der Waals surface area contributed by atoms with Gasteiger partial charge in [-0.1, -0.05) is 56.5 Å². The summed E-state index contributed by atoms with van der Waals surface area (Å²) in [5.41, 5.74) is 2.72. The van der Waals surface area contributed by atoms with E-state index in [0.29, 0.717) is 0 Å². The minimum Gasteiger partial charge on any atom is -0.313 e. The van der Waals surface area contributed by atoms with E-state index >= 15 is 0 Å². The van der Waals surface area contributed by atoms with Crippen molar-refractivity contribution in [1.82, 2.24) is 5.32 Å². The smallest absolute Gasteiger partial charge is 0.0205 e. The third kappa shape index (κ3) is 5.92. The molecule has 0 saturated heterocycles. The number of nitrogens with one attached hydrogen (secondary N) is 1. The van der Waals surface area contributed by atoms with Gasteiger partial charge in [-0.3, -0.25) is 0 Å². The first-order valence-electron chi connectivity index (χ1n) is 6.44. The second-order valence-corrected chi connectivity index (χ2v) is 5.05. The van der Waals surface area contributed by atoms with Crippen molar-refractivity contribution in [3.05, 3.63) is 35.4 Å². The van der Waals surface area contributed by atoms with E-state index in [2.05, 4.69) is 50.4 Å². The molecule has 1 aromatic rings. The van der Waals surface area contributed by atoms with E-state index in [1.54, 1.807) is 0 Å². The lowest BCUT2D eigenvalue weighted by Gasteiger charge is -2.06. The van der Waals surface area contributed by atoms with Crippen LogP contribution in [-0.2, 0) is 6.54 Å². The van der Waals surface area contributed by atoms with Crippen LogP contribution in [0.1, 0.15) is 44.2 Å². The van der Waals surface area contributed by atoms with Crippen molar-refractivity contribution in [1.29, 1.82) is 0 Å². The molecule has 0 aliphatic heterocycles. The maximum absolute atomic E-state index is 3.49. The predicted octanol–water partition coefficient (Wildman–Crippen LogP) is 3.91. The lowest BCUT2D eigenvalue weighted by atomic mass is 10.1. The molecule has 0 fully saturated rings. The first kappa shape index (κ1) is 13.2. The molecule has 0 aliphatic rings. The highest BCUT2D eigenvalue weighted by Crippen LogP contribution is 2.06. The van der Waals surface area contributed by atoms with Gasteiger partial charge in [-0.25, -0.2) is 0 Å². The van der Waals surface area contributed by atoms with Gasteiger partial charge in [0.2, 0.25) is 0 Å². The first-order valence-corrected chi connectivity index (χ1v) is 6.44. The van der Waals surface area contributed by atoms with E-state index in [1.807, 2.05) is 0 Å². The maximum atomic E-state index is 3.49. The van der Waals surface area contributed by atoms with Crippen LogP contribution in [0.2, 0.25) is 0 Å². The Bertz CT molecular complexity index is 274. The quantitative estimate of drug-likeness (QED) is 0.686. The van der Waals surface area contributed by atoms with Crippen molar-refractivity contribution in [2.75, 3.05) is 6.54 Å². The zero-order valence-electron chi connectivity index (χ0n) is 10.9. The molecule has 0 heterocycles. The standard InChI is InChI=1S/C15H25N/c1-13(2)6-4-5-11-16-12-15-9-7-14(3)8-10-15/h7-10,13,16H,4-6,11-12H2,1-3H3. The molecule has 0 saturated carbocycles. The third-order valence-corrected chi connectivity index (χ3v) is 2.83. The molecule has 1 N–H and O–H groups in total. The Kier molecular flexibility index (Phi) is 6.17. The number of unbranched alkanes of at least 4 members (excludes halogenated alkanes) is 1. The number of benzene rings is 1. The Morgan fingerprint density at radius 2 is 1.75 bits per heavy atom. The summed E-state index contributed by atoms with van der Waals surface area (Å²) in [6.07, 6.45) is 3.99. The SMILES string of the molecule is Cc1ccc(CNCCCCC(C)C)cc1. The summed E-state index contributed by atoms with van der Waals surface area (Å²) in [4.78, 5) is 0. The zero-order valence-corrected chi connectivity index (χ0v) is 10.9. The zero-order chi connectivity index (χ0) is 11.8. The third-order valence-electron chi connectivity index (χ3n) is 2.83. The normalized spacial score (nSPS) is 11.0. The highest BCUT2D eigenvalue weighted by Gasteiger charge is 1.95. The summed E-state index contributed by atoms with van der Waals surface area (Å²) < 4.78 is 0. The highest BCUT2D eigenvalue weighted by molar-refractivity contribution is 5.20. The van der Waals surface area contributed by atoms with Gasteiger partial charge in [0.05, 0.1) is 0 Å². The van der Waals surface area contributed by atoms with E-state index in [4.69, 9.17) is 0 Å². The van der Waals surface area contributed by atoms with Gasteiger partial charge >= 0.3 is 0 Å². The molecular weight excluding hydrogens is 194 g/mol. The number of aryl methyl sites for hydroxylation is 1. The van der Waals surface area contributed by atoms with Gasteiger partial charge in [0.1, 0.15) is 0 Å². The molecule has 0 aromatic heterocycles. The van der Waals surface area contributed by atoms with E-state index in [0.717, 1.165) is 19.0 Å². The number of rotatable bonds is 7. The summed E-state index contributed by atoms with van der Waals surface area (Å²) in [5.74, 6) is 0.845. The predicted molar refractivity (Wildman–Crippen MR) is 71.6 cm³/mol. The van der Waals surface area contributed by atoms with Gasteiger partial charge in [0.25, 0.3) is 0 Å². The molecule has 0 aliphatic carbocycles. The van der Waals surface area contributed by atoms with Gasteiger partial charge in [0.15, 0.2) is 0 Å². The highest BCUT2D eigenvalue weighted by atomic mass is 14.8. The fourth-order valence-corrected chi connectivity index (χ4v) is 1.74. The topological polar surface area (TPSA) is 12.0 Å². The molecule has 90 valence electrons. The van der Waals surface area contributed by atoms with Crippen LogP contribution in [0, 0.1) is 12.8 Å². The Morgan fingerprint density at radius 3 is 2.38 bits per heavy atom. The van der Waals surface area contributed by atoms with Crippen molar-refractivity contribution in [3.8, 4) is 0 Å². The maximum Gasteiger partial charge on any atom is 0.0205 e. The molecule has 0 spiro atoms. The molecule has 0 bridgehead atoms. The van der Waals surface area contributed by atoms with Crippen LogP contribution in [-0.4, -0.2) is 6.54 Å². The number of hydrogen-bond acceptors (Lipinski definition) is 1. The Morgan fingerprint density at radius 1 is 1.06 bits per heavy atom. The molecule has 1 aromatic carbocycles. The molecule has 1 heteroatoms. The van der Waals surface area contributed by atoms with Gasteiger partial charge in [-0.2, -0.15) is 0 Å². The largest absolute Gasteiger partial charge is 0.313 e. The van der Waals surface area contributed by atoms with Gasteiger partial charge < -0.3 is 5.32 Å². The van der Waals surface area contributed by atoms with E-state index < -0.39 is 0 Å². The van der Waals surface area contributed by atoms with Crippen molar-refractivity contribution < 1.29 is 0 Å². The average Bonchev–Trinajstić information content (AvgIpc) is 2.25. The van der Waals surface area contributed by atoms with Crippen LogP contribution in [0.4, 0.5) is 0 Å². The van der Waals surface area contributed by atoms with Gasteiger partial charge in [0, 0.05) is 6.54 Å². The lowest BCUT2D eigenvalue weighted by Crippen LogP contribution is -2.14. The van der Waals surface area contributed by atoms with Crippen LogP contribution in [0.25, 0.3) is 0 Å². The second kappa shape index (κ2) is 7.45. The van der Waals surface area contributed by atoms with E-state index in [1.165, 1.54) is 30.4 Å². The summed E-state index contributed by atoms with van der Waals surface area (Å²) >= 11 is 0. The van der Waals surface area contributed by atoms with Crippen LogP contribution >= 0.6 is 0 Å². The molecule has 0 amide bonds. The van der Waals surface area contributed by atoms with E-state index in [9.17, 15) is 0 Å². The Balaban J connectivity index is 2.05. The van der Waals surface area contributed by atoms with Crippen LogP contribution in [0.15, 0.2) is 24.3 Å². The van der Waals surface area contributed by atoms with Gasteiger partial charge in [-0.15, -0.1) is 0 Å². The minimum atomic E-state index is 0.845. The van der Waals surface area contributed by atoms with Crippen LogP contribution in [0.5, 0.6) is 0 Å². The Hall–Kier alpha value is -0.820. The monoisotopic (exact) mass is 219 g/mol. The van der Waals surface area contributed by atoms with Crippen LogP contribution in [0.3, 0.4) is 0 Å². The fourth-order valence-electron chi connectivity index (χ4n) is 1.74. The number of hydrogen-bond donors (Lipinski definition) is 1. The molecular formula is C15H25N. The van der Waals surface area contributed by atoms with Crippen molar-refractivity contribution >= 4 is 0 Å². The molecule has 0 atom stereocenters. The summed E-state index contributed by atoms with van der Waals surface area (Å²) in [7, 11) is 0. The molecule has 0 unspecified atom stereocenters. The summed E-state index contributed by atoms with van der Waals surface area (Å²) in [6.45, 7) is 8.85. The molecule has 1 nitrogen and oxygen atoms in total. The minimum absolute atomic E-state index is 0.845. The molecule has 16 heavy (non-hydrogen) atoms. The summed E-state index contributed by atoms with van der Waals surface area (Å²) in [6, 6.07) is 8.76.